The Balaban J connectivity index is 1.73. The third-order valence-corrected chi connectivity index (χ3v) is 4.44. The van der Waals surface area contributed by atoms with Crippen LogP contribution in [0.1, 0.15) is 41.3 Å². The van der Waals surface area contributed by atoms with Gasteiger partial charge in [-0.05, 0) is 18.9 Å². The van der Waals surface area contributed by atoms with E-state index < -0.39 is 17.5 Å². The maximum Gasteiger partial charge on any atom is 0.194 e. The summed E-state index contributed by atoms with van der Waals surface area (Å²) in [6.07, 6.45) is 3.10. The van der Waals surface area contributed by atoms with Crippen LogP contribution < -0.4 is 5.32 Å². The van der Waals surface area contributed by atoms with Gasteiger partial charge in [0.25, 0.3) is 0 Å². The summed E-state index contributed by atoms with van der Waals surface area (Å²) >= 11 is 0. The highest BCUT2D eigenvalue weighted by Crippen LogP contribution is 2.42. The van der Waals surface area contributed by atoms with Gasteiger partial charge in [0.05, 0.1) is 12.2 Å². The molecule has 2 aliphatic rings. The van der Waals surface area contributed by atoms with E-state index in [2.05, 4.69) is 10.4 Å². The van der Waals surface area contributed by atoms with Crippen molar-refractivity contribution in [2.45, 2.75) is 38.3 Å². The van der Waals surface area contributed by atoms with Crippen LogP contribution in [-0.4, -0.2) is 16.3 Å². The molecule has 0 unspecified atom stereocenters. The Labute approximate surface area is 126 Å². The van der Waals surface area contributed by atoms with Crippen molar-refractivity contribution in [2.75, 3.05) is 6.54 Å². The Morgan fingerprint density at radius 2 is 2.00 bits per heavy atom. The van der Waals surface area contributed by atoms with E-state index in [0.29, 0.717) is 5.92 Å². The first-order chi connectivity index (χ1) is 10.6. The fourth-order valence-electron chi connectivity index (χ4n) is 3.11. The van der Waals surface area contributed by atoms with Crippen molar-refractivity contribution in [3.8, 4) is 0 Å². The molecule has 1 saturated carbocycles. The number of hydrogen-bond acceptors (Lipinski definition) is 2. The van der Waals surface area contributed by atoms with Crippen LogP contribution in [0.15, 0.2) is 12.1 Å². The van der Waals surface area contributed by atoms with Crippen molar-refractivity contribution in [3.05, 3.63) is 52.1 Å². The zero-order chi connectivity index (χ0) is 15.3. The Morgan fingerprint density at radius 1 is 1.18 bits per heavy atom. The van der Waals surface area contributed by atoms with Gasteiger partial charge in [-0.3, -0.25) is 4.68 Å². The minimum Gasteiger partial charge on any atom is -0.312 e. The molecule has 1 aromatic heterocycles. The molecule has 1 fully saturated rings. The molecule has 0 atom stereocenters. The number of nitrogens with one attached hydrogen (secondary N) is 1. The predicted molar refractivity (Wildman–Crippen MR) is 75.0 cm³/mol. The summed E-state index contributed by atoms with van der Waals surface area (Å²) in [6.45, 7) is 1.77. The second-order valence-electron chi connectivity index (χ2n) is 6.00. The number of aromatic nitrogens is 2. The molecule has 116 valence electrons. The first-order valence-electron chi connectivity index (χ1n) is 7.56. The molecule has 1 aliphatic carbocycles. The van der Waals surface area contributed by atoms with Gasteiger partial charge in [-0.2, -0.15) is 5.10 Å². The number of hydrogen-bond donors (Lipinski definition) is 1. The second kappa shape index (κ2) is 5.12. The molecule has 1 aromatic carbocycles. The topological polar surface area (TPSA) is 29.9 Å². The van der Waals surface area contributed by atoms with E-state index in [4.69, 9.17) is 0 Å². The van der Waals surface area contributed by atoms with Gasteiger partial charge in [-0.15, -0.1) is 0 Å². The molecule has 2 aromatic rings. The van der Waals surface area contributed by atoms with E-state index in [0.717, 1.165) is 49.8 Å². The van der Waals surface area contributed by atoms with Gasteiger partial charge >= 0.3 is 0 Å². The van der Waals surface area contributed by atoms with E-state index in [1.165, 1.54) is 11.6 Å². The van der Waals surface area contributed by atoms with Crippen LogP contribution in [0.25, 0.3) is 0 Å². The van der Waals surface area contributed by atoms with Crippen LogP contribution in [0.3, 0.4) is 0 Å². The quantitative estimate of drug-likeness (QED) is 0.884. The molecular weight excluding hydrogens is 291 g/mol. The molecule has 0 radical (unpaired) electrons. The standard InChI is InChI=1S/C16H16F3N3/c17-12-4-3-10(14(18)15(12)19)8-22-13-5-6-20-7-11(13)16(21-22)9-1-2-9/h3-4,9,20H,1-2,5-8H2. The van der Waals surface area contributed by atoms with E-state index in [-0.39, 0.29) is 12.1 Å². The van der Waals surface area contributed by atoms with Gasteiger partial charge in [0, 0.05) is 42.2 Å². The van der Waals surface area contributed by atoms with Crippen LogP contribution in [0.4, 0.5) is 13.2 Å². The van der Waals surface area contributed by atoms with Crippen LogP contribution in [0.2, 0.25) is 0 Å². The van der Waals surface area contributed by atoms with Crippen molar-refractivity contribution in [2.24, 2.45) is 0 Å². The van der Waals surface area contributed by atoms with Gasteiger partial charge in [-0.25, -0.2) is 13.2 Å². The summed E-state index contributed by atoms with van der Waals surface area (Å²) in [5.41, 5.74) is 3.51. The molecule has 1 N–H and O–H groups in total. The molecular formula is C16H16F3N3. The van der Waals surface area contributed by atoms with Crippen LogP contribution in [-0.2, 0) is 19.5 Å². The van der Waals surface area contributed by atoms with Gasteiger partial charge in [0.1, 0.15) is 0 Å². The third kappa shape index (κ3) is 2.22. The predicted octanol–water partition coefficient (Wildman–Crippen LogP) is 2.87. The van der Waals surface area contributed by atoms with Gasteiger partial charge in [0.15, 0.2) is 17.5 Å². The minimum atomic E-state index is -1.41. The zero-order valence-corrected chi connectivity index (χ0v) is 12.0. The average Bonchev–Trinajstić information content (AvgIpc) is 3.31. The van der Waals surface area contributed by atoms with Gasteiger partial charge in [-0.1, -0.05) is 6.07 Å². The fraction of sp³-hybridized carbons (Fsp3) is 0.438. The number of fused-ring (bicyclic) bond motifs is 1. The molecule has 22 heavy (non-hydrogen) atoms. The maximum atomic E-state index is 13.9. The molecule has 0 spiro atoms. The zero-order valence-electron chi connectivity index (χ0n) is 12.0. The fourth-order valence-corrected chi connectivity index (χ4v) is 3.11. The lowest BCUT2D eigenvalue weighted by molar-refractivity contribution is 0.436. The lowest BCUT2D eigenvalue weighted by Crippen LogP contribution is -2.25. The normalized spacial score (nSPS) is 17.6. The summed E-state index contributed by atoms with van der Waals surface area (Å²) < 4.78 is 42.1. The Kier molecular flexibility index (Phi) is 3.22. The first kappa shape index (κ1) is 13.8. The van der Waals surface area contributed by atoms with E-state index in [1.54, 1.807) is 4.68 Å². The SMILES string of the molecule is Fc1ccc(Cn2nc(C3CC3)c3c2CCNC3)c(F)c1F. The summed E-state index contributed by atoms with van der Waals surface area (Å²) in [4.78, 5) is 0. The summed E-state index contributed by atoms with van der Waals surface area (Å²) in [5, 5.41) is 7.97. The van der Waals surface area contributed by atoms with Crippen molar-refractivity contribution in [1.82, 2.24) is 15.1 Å². The van der Waals surface area contributed by atoms with Crippen LogP contribution in [0.5, 0.6) is 0 Å². The number of benzene rings is 1. The molecule has 4 rings (SSSR count). The highest BCUT2D eigenvalue weighted by atomic mass is 19.2. The van der Waals surface area contributed by atoms with Crippen molar-refractivity contribution in [3.63, 3.8) is 0 Å². The van der Waals surface area contributed by atoms with Gasteiger partial charge < -0.3 is 5.32 Å². The summed E-state index contributed by atoms with van der Waals surface area (Å²) in [6, 6.07) is 2.26. The third-order valence-electron chi connectivity index (χ3n) is 4.44. The monoisotopic (exact) mass is 307 g/mol. The molecule has 0 bridgehead atoms. The highest BCUT2D eigenvalue weighted by molar-refractivity contribution is 5.34. The number of nitrogens with zero attached hydrogens (tertiary/aromatic N) is 2. The highest BCUT2D eigenvalue weighted by Gasteiger charge is 2.32. The molecule has 6 heteroatoms. The minimum absolute atomic E-state index is 0.130. The molecule has 0 amide bonds. The van der Waals surface area contributed by atoms with Crippen molar-refractivity contribution in [1.29, 1.82) is 0 Å². The number of rotatable bonds is 3. The molecule has 3 nitrogen and oxygen atoms in total. The van der Waals surface area contributed by atoms with Crippen LogP contribution in [0, 0.1) is 17.5 Å². The molecule has 0 saturated heterocycles. The van der Waals surface area contributed by atoms with E-state index in [1.807, 2.05) is 0 Å². The lowest BCUT2D eigenvalue weighted by atomic mass is 10.0. The Morgan fingerprint density at radius 3 is 2.77 bits per heavy atom. The second-order valence-corrected chi connectivity index (χ2v) is 6.00. The Bertz CT molecular complexity index is 735. The lowest BCUT2D eigenvalue weighted by Gasteiger charge is -2.16. The Hall–Kier alpha value is -1.82. The van der Waals surface area contributed by atoms with Crippen LogP contribution >= 0.6 is 0 Å². The largest absolute Gasteiger partial charge is 0.312 e. The van der Waals surface area contributed by atoms with Crippen molar-refractivity contribution >= 4 is 0 Å². The van der Waals surface area contributed by atoms with E-state index in [9.17, 15) is 13.2 Å². The average molecular weight is 307 g/mol. The molecule has 1 aliphatic heterocycles. The summed E-state index contributed by atoms with van der Waals surface area (Å²) in [7, 11) is 0. The number of halogens is 3. The molecule has 2 heterocycles. The maximum absolute atomic E-state index is 13.9. The summed E-state index contributed by atoms with van der Waals surface area (Å²) in [5.74, 6) is -3.19. The van der Waals surface area contributed by atoms with E-state index >= 15 is 0 Å². The first-order valence-corrected chi connectivity index (χ1v) is 7.56. The van der Waals surface area contributed by atoms with Crippen molar-refractivity contribution < 1.29 is 13.2 Å². The van der Waals surface area contributed by atoms with Gasteiger partial charge in [0.2, 0.25) is 0 Å². The smallest absolute Gasteiger partial charge is 0.194 e.